The summed E-state index contributed by atoms with van der Waals surface area (Å²) in [5.41, 5.74) is 2.43. The Labute approximate surface area is 335 Å². The summed E-state index contributed by atoms with van der Waals surface area (Å²) in [5.74, 6) is -4.83. The van der Waals surface area contributed by atoms with Crippen molar-refractivity contribution in [3.05, 3.63) is 101 Å². The van der Waals surface area contributed by atoms with E-state index in [1.807, 2.05) is 20.8 Å². The monoisotopic (exact) mass is 796 g/mol. The fourth-order valence-corrected chi connectivity index (χ4v) is 9.31. The molecule has 2 saturated heterocycles. The molecule has 0 spiro atoms. The second-order valence-electron chi connectivity index (χ2n) is 17.0. The van der Waals surface area contributed by atoms with Crippen molar-refractivity contribution in [1.29, 1.82) is 0 Å². The average Bonchev–Trinajstić information content (AvgIpc) is 3.91. The van der Waals surface area contributed by atoms with Gasteiger partial charge in [0, 0.05) is 18.4 Å². The van der Waals surface area contributed by atoms with Gasteiger partial charge in [-0.15, -0.1) is 0 Å². The maximum absolute atomic E-state index is 15.3. The van der Waals surface area contributed by atoms with Crippen molar-refractivity contribution in [2.75, 3.05) is 13.2 Å². The van der Waals surface area contributed by atoms with Gasteiger partial charge in [0.2, 0.25) is 11.8 Å². The summed E-state index contributed by atoms with van der Waals surface area (Å²) in [4.78, 5) is 87.0. The van der Waals surface area contributed by atoms with Crippen LogP contribution in [0.4, 0.5) is 4.39 Å². The predicted molar refractivity (Wildman–Crippen MR) is 208 cm³/mol. The summed E-state index contributed by atoms with van der Waals surface area (Å²) in [6, 6.07) is 15.1. The van der Waals surface area contributed by atoms with Crippen LogP contribution < -0.4 is 16.4 Å². The maximum Gasteiger partial charge on any atom is 0.255 e. The molecular formula is C44H49FN4O9. The number of hydrogen-bond donors (Lipinski definition) is 4. The molecule has 2 saturated carbocycles. The van der Waals surface area contributed by atoms with E-state index in [4.69, 9.17) is 15.2 Å². The first kappa shape index (κ1) is 40.7. The topological polar surface area (TPSA) is 194 Å². The number of carbonyl (C=O) groups excluding carboxylic acids is 6. The number of nitrogens with one attached hydrogen (secondary N) is 2. The van der Waals surface area contributed by atoms with Gasteiger partial charge in [-0.3, -0.25) is 28.8 Å². The minimum absolute atomic E-state index is 0.0348. The number of benzene rings is 3. The molecular weight excluding hydrogens is 748 g/mol. The second-order valence-corrected chi connectivity index (χ2v) is 17.0. The number of nitrogens with zero attached hydrogens (tertiary/aromatic N) is 1. The molecule has 4 fully saturated rings. The third-order valence-electron chi connectivity index (χ3n) is 12.5. The molecule has 5 N–H and O–H groups in total. The number of amides is 4. The number of ketones is 2. The molecule has 306 valence electrons. The van der Waals surface area contributed by atoms with E-state index >= 15 is 14.4 Å². The van der Waals surface area contributed by atoms with Gasteiger partial charge in [0.25, 0.3) is 11.8 Å². The minimum atomic E-state index is -1.85. The number of primary amides is 1. The van der Waals surface area contributed by atoms with E-state index in [1.165, 1.54) is 36.4 Å². The molecule has 0 aromatic heterocycles. The van der Waals surface area contributed by atoms with Crippen molar-refractivity contribution in [2.24, 2.45) is 5.73 Å². The molecule has 0 radical (unpaired) electrons. The van der Waals surface area contributed by atoms with Gasteiger partial charge in [-0.25, -0.2) is 4.39 Å². The Bertz CT molecular complexity index is 2140. The van der Waals surface area contributed by atoms with Crippen LogP contribution in [0.1, 0.15) is 86.3 Å². The van der Waals surface area contributed by atoms with E-state index in [1.54, 1.807) is 36.4 Å². The summed E-state index contributed by atoms with van der Waals surface area (Å²) < 4.78 is 25.8. The number of halogens is 1. The van der Waals surface area contributed by atoms with E-state index in [-0.39, 0.29) is 54.8 Å². The van der Waals surface area contributed by atoms with E-state index in [0.29, 0.717) is 36.8 Å². The zero-order valence-corrected chi connectivity index (χ0v) is 32.8. The van der Waals surface area contributed by atoms with Gasteiger partial charge in [0.05, 0.1) is 6.10 Å². The highest BCUT2D eigenvalue weighted by molar-refractivity contribution is 6.07. The highest BCUT2D eigenvalue weighted by Gasteiger charge is 2.69. The number of rotatable bonds is 12. The molecule has 2 aliphatic heterocycles. The molecule has 13 nitrogen and oxygen atoms in total. The van der Waals surface area contributed by atoms with Crippen LogP contribution in [-0.2, 0) is 51.7 Å². The van der Waals surface area contributed by atoms with Crippen molar-refractivity contribution >= 4 is 35.2 Å². The van der Waals surface area contributed by atoms with Gasteiger partial charge in [-0.2, -0.15) is 0 Å². The van der Waals surface area contributed by atoms with Gasteiger partial charge in [0.1, 0.15) is 47.9 Å². The van der Waals surface area contributed by atoms with Crippen molar-refractivity contribution in [3.63, 3.8) is 0 Å². The molecule has 4 amide bonds. The Balaban J connectivity index is 1.40. The third-order valence-corrected chi connectivity index (χ3v) is 12.5. The SMILES string of the molecule is CC(C)(C)c1ccc(C(=O)N(C(Cc2ccc(F)cc2)C(=O)NC23CCCC2OCC3=O)C(Cc2cccc(O)c2)C(=O)NC23CCCC2(C(N)=O)OCC3=O)cc1. The molecule has 2 heterocycles. The number of carbonyl (C=O) groups is 6. The lowest BCUT2D eigenvalue weighted by Gasteiger charge is -2.41. The van der Waals surface area contributed by atoms with Crippen LogP contribution in [0.2, 0.25) is 0 Å². The smallest absolute Gasteiger partial charge is 0.255 e. The zero-order valence-electron chi connectivity index (χ0n) is 32.8. The minimum Gasteiger partial charge on any atom is -0.508 e. The Morgan fingerprint density at radius 2 is 1.53 bits per heavy atom. The van der Waals surface area contributed by atoms with E-state index < -0.39 is 76.7 Å². The van der Waals surface area contributed by atoms with E-state index in [2.05, 4.69) is 10.6 Å². The van der Waals surface area contributed by atoms with Crippen LogP contribution in [0.5, 0.6) is 5.75 Å². The fourth-order valence-electron chi connectivity index (χ4n) is 9.31. The van der Waals surface area contributed by atoms with Crippen molar-refractivity contribution in [3.8, 4) is 5.75 Å². The second kappa shape index (κ2) is 15.4. The number of hydrogen-bond acceptors (Lipinski definition) is 9. The molecule has 0 bridgehead atoms. The molecule has 2 aliphatic carbocycles. The number of ether oxygens (including phenoxy) is 2. The Morgan fingerprint density at radius 3 is 2.19 bits per heavy atom. The normalized spacial score (nSPS) is 26.1. The zero-order chi connectivity index (χ0) is 41.6. The fraction of sp³-hybridized carbons (Fsp3) is 0.455. The number of phenolic OH excluding ortho intramolecular Hbond substituents is 1. The number of Topliss-reactive ketones (excluding diaryl/α,β-unsaturated/α-hetero) is 2. The maximum atomic E-state index is 15.3. The number of aromatic hydroxyl groups is 1. The van der Waals surface area contributed by atoms with Crippen LogP contribution in [0.3, 0.4) is 0 Å². The highest BCUT2D eigenvalue weighted by atomic mass is 19.1. The first-order valence-electron chi connectivity index (χ1n) is 19.7. The summed E-state index contributed by atoms with van der Waals surface area (Å²) in [7, 11) is 0. The van der Waals surface area contributed by atoms with Gasteiger partial charge < -0.3 is 35.8 Å². The Hall–Kier alpha value is -5.47. The summed E-state index contributed by atoms with van der Waals surface area (Å²) >= 11 is 0. The van der Waals surface area contributed by atoms with Crippen LogP contribution in [0.15, 0.2) is 72.8 Å². The summed E-state index contributed by atoms with van der Waals surface area (Å²) in [6.45, 7) is 5.38. The Morgan fingerprint density at radius 1 is 0.862 bits per heavy atom. The first-order chi connectivity index (χ1) is 27.5. The largest absolute Gasteiger partial charge is 0.508 e. The standard InChI is InChI=1S/C44H49FN4O9/c1-41(2,3)29-14-12-28(13-15-29)39(55)49(32(22-26-10-16-30(45)17-11-26)37(53)47-42-18-5-9-36(42)57-24-34(42)51)33(23-27-7-4-8-31(50)21-27)38(54)48-43-19-6-20-44(43,40(46)56)58-25-35(43)52/h4,7-8,10-17,21,32-33,36,50H,5-6,9,18-20,22-25H2,1-3H3,(H2,46,56)(H,47,53)(H,48,54). The summed E-state index contributed by atoms with van der Waals surface area (Å²) in [5, 5.41) is 16.3. The van der Waals surface area contributed by atoms with Crippen LogP contribution in [-0.4, -0.2) is 93.3 Å². The molecule has 4 aliphatic rings. The molecule has 6 atom stereocenters. The third kappa shape index (κ3) is 7.17. The van der Waals surface area contributed by atoms with E-state index in [0.717, 1.165) is 10.5 Å². The van der Waals surface area contributed by atoms with Gasteiger partial charge in [-0.05, 0) is 97.0 Å². The van der Waals surface area contributed by atoms with Crippen molar-refractivity contribution < 1.29 is 47.7 Å². The highest BCUT2D eigenvalue weighted by Crippen LogP contribution is 2.47. The number of nitrogens with two attached hydrogens (primary N) is 1. The lowest BCUT2D eigenvalue weighted by molar-refractivity contribution is -0.146. The number of phenols is 1. The molecule has 3 aromatic rings. The van der Waals surface area contributed by atoms with Crippen LogP contribution in [0.25, 0.3) is 0 Å². The first-order valence-corrected chi connectivity index (χ1v) is 19.7. The van der Waals surface area contributed by atoms with Gasteiger partial charge in [-0.1, -0.05) is 57.2 Å². The van der Waals surface area contributed by atoms with Gasteiger partial charge in [0.15, 0.2) is 17.2 Å². The molecule has 3 aromatic carbocycles. The number of fused-ring (bicyclic) bond motifs is 2. The molecule has 58 heavy (non-hydrogen) atoms. The van der Waals surface area contributed by atoms with Crippen molar-refractivity contribution in [2.45, 2.75) is 112 Å². The average molecular weight is 797 g/mol. The predicted octanol–water partition coefficient (Wildman–Crippen LogP) is 3.36. The molecule has 7 rings (SSSR count). The lowest BCUT2D eigenvalue weighted by atomic mass is 9.80. The van der Waals surface area contributed by atoms with Gasteiger partial charge >= 0.3 is 0 Å². The lowest BCUT2D eigenvalue weighted by Crippen LogP contribution is -2.70. The quantitative estimate of drug-likeness (QED) is 0.213. The van der Waals surface area contributed by atoms with Crippen LogP contribution in [0, 0.1) is 5.82 Å². The summed E-state index contributed by atoms with van der Waals surface area (Å²) in [6.07, 6.45) is 0.776. The van der Waals surface area contributed by atoms with Crippen molar-refractivity contribution in [1.82, 2.24) is 15.5 Å². The van der Waals surface area contributed by atoms with E-state index in [9.17, 15) is 23.9 Å². The molecule has 14 heteroatoms. The van der Waals surface area contributed by atoms with Crippen LogP contribution >= 0.6 is 0 Å². The Kier molecular flexibility index (Phi) is 10.8. The molecule has 6 unspecified atom stereocenters.